The maximum atomic E-state index is 9.49. The molecule has 0 atom stereocenters. The number of rotatable bonds is 8. The van der Waals surface area contributed by atoms with Crippen molar-refractivity contribution in [1.82, 2.24) is 4.57 Å². The Balaban J connectivity index is 1.14. The molecule has 0 N–H and O–H groups in total. The zero-order chi connectivity index (χ0) is 40.7. The summed E-state index contributed by atoms with van der Waals surface area (Å²) < 4.78 is 39.8. The lowest BCUT2D eigenvalue weighted by molar-refractivity contribution is 1.18. The van der Waals surface area contributed by atoms with Gasteiger partial charge in [0.05, 0.1) is 16.5 Å². The van der Waals surface area contributed by atoms with Crippen LogP contribution in [0.15, 0.2) is 230 Å². The predicted molar refractivity (Wildman–Crippen MR) is 237 cm³/mol. The number of hydrogen-bond acceptors (Lipinski definition) is 1. The van der Waals surface area contributed by atoms with Crippen molar-refractivity contribution in [3.63, 3.8) is 0 Å². The Hall–Kier alpha value is -7.42. The summed E-state index contributed by atoms with van der Waals surface area (Å²) >= 11 is 0. The van der Waals surface area contributed by atoms with Gasteiger partial charge in [-0.2, -0.15) is 0 Å². The molecule has 56 heavy (non-hydrogen) atoms. The van der Waals surface area contributed by atoms with Crippen LogP contribution in [0.5, 0.6) is 0 Å². The van der Waals surface area contributed by atoms with Gasteiger partial charge in [0.25, 0.3) is 0 Å². The minimum Gasteiger partial charge on any atom is -0.310 e. The average molecular weight is 719 g/mol. The molecule has 264 valence electrons. The van der Waals surface area contributed by atoms with Crippen LogP contribution in [0.25, 0.3) is 72.0 Å². The topological polar surface area (TPSA) is 8.17 Å². The Morgan fingerprint density at radius 3 is 1.50 bits per heavy atom. The van der Waals surface area contributed by atoms with Gasteiger partial charge in [-0.3, -0.25) is 0 Å². The summed E-state index contributed by atoms with van der Waals surface area (Å²) in [6.07, 6.45) is 0. The Morgan fingerprint density at radius 1 is 0.339 bits per heavy atom. The third-order valence-electron chi connectivity index (χ3n) is 10.5. The maximum absolute atomic E-state index is 9.49. The van der Waals surface area contributed by atoms with E-state index in [1.54, 1.807) is 0 Å². The zero-order valence-corrected chi connectivity index (χ0v) is 30.5. The highest BCUT2D eigenvalue weighted by Crippen LogP contribution is 2.42. The molecule has 0 amide bonds. The predicted octanol–water partition coefficient (Wildman–Crippen LogP) is 14.9. The summed E-state index contributed by atoms with van der Waals surface area (Å²) in [4.78, 5) is 1.87. The largest absolute Gasteiger partial charge is 0.310 e. The quantitative estimate of drug-likeness (QED) is 0.152. The molecule has 0 unspecified atom stereocenters. The monoisotopic (exact) mass is 718 g/mol. The molecule has 10 rings (SSSR count). The fraction of sp³-hybridized carbons (Fsp3) is 0. The van der Waals surface area contributed by atoms with Gasteiger partial charge in [-0.1, -0.05) is 170 Å². The maximum Gasteiger partial charge on any atom is 0.0645 e. The SMILES string of the molecule is [2H]c1c([2H])c(N(c2ccc(-c3ccc(-c4ccccc4)cc3)cc2)c2cccc(-c3cccc4c3c3ccccc3n4-c3ccccc3)c2)c([2H])c([2H])c1-c1ccccc1. The molecule has 2 heteroatoms. The lowest BCUT2D eigenvalue weighted by Gasteiger charge is -2.26. The molecule has 0 aliphatic heterocycles. The van der Waals surface area contributed by atoms with E-state index in [9.17, 15) is 5.48 Å². The van der Waals surface area contributed by atoms with Crippen LogP contribution >= 0.6 is 0 Å². The number of anilines is 3. The summed E-state index contributed by atoms with van der Waals surface area (Å²) in [5.74, 6) is 0. The Bertz CT molecular complexity index is 3130. The summed E-state index contributed by atoms with van der Waals surface area (Å²) in [6, 6.07) is 69.2. The van der Waals surface area contributed by atoms with Crippen LogP contribution in [0.1, 0.15) is 5.48 Å². The molecule has 0 saturated carbocycles. The van der Waals surface area contributed by atoms with E-state index in [-0.39, 0.29) is 35.4 Å². The summed E-state index contributed by atoms with van der Waals surface area (Å²) in [5, 5.41) is 2.26. The van der Waals surface area contributed by atoms with Crippen molar-refractivity contribution in [3.05, 3.63) is 230 Å². The lowest BCUT2D eigenvalue weighted by atomic mass is 9.98. The summed E-state index contributed by atoms with van der Waals surface area (Å²) in [5.41, 5.74) is 12.2. The fourth-order valence-corrected chi connectivity index (χ4v) is 7.79. The third-order valence-corrected chi connectivity index (χ3v) is 10.5. The lowest BCUT2D eigenvalue weighted by Crippen LogP contribution is -2.10. The second kappa shape index (κ2) is 14.4. The molecule has 0 spiro atoms. The molecule has 0 saturated heterocycles. The van der Waals surface area contributed by atoms with E-state index in [0.717, 1.165) is 60.9 Å². The van der Waals surface area contributed by atoms with Gasteiger partial charge in [0.2, 0.25) is 0 Å². The van der Waals surface area contributed by atoms with E-state index in [1.165, 1.54) is 0 Å². The van der Waals surface area contributed by atoms with Crippen molar-refractivity contribution in [3.8, 4) is 50.2 Å². The van der Waals surface area contributed by atoms with Crippen molar-refractivity contribution in [2.24, 2.45) is 0 Å². The van der Waals surface area contributed by atoms with Gasteiger partial charge >= 0.3 is 0 Å². The highest BCUT2D eigenvalue weighted by molar-refractivity contribution is 6.16. The van der Waals surface area contributed by atoms with Gasteiger partial charge in [-0.15, -0.1) is 0 Å². The Morgan fingerprint density at radius 2 is 0.839 bits per heavy atom. The first-order valence-corrected chi connectivity index (χ1v) is 18.9. The first kappa shape index (κ1) is 29.0. The van der Waals surface area contributed by atoms with Crippen molar-refractivity contribution < 1.29 is 5.48 Å². The average Bonchev–Trinajstić information content (AvgIpc) is 3.66. The smallest absolute Gasteiger partial charge is 0.0645 e. The van der Waals surface area contributed by atoms with E-state index in [0.29, 0.717) is 16.9 Å². The molecule has 0 radical (unpaired) electrons. The molecule has 0 bridgehead atoms. The third kappa shape index (κ3) is 6.14. The summed E-state index contributed by atoms with van der Waals surface area (Å²) in [7, 11) is 0. The van der Waals surface area contributed by atoms with Gasteiger partial charge in [-0.25, -0.2) is 0 Å². The highest BCUT2D eigenvalue weighted by Gasteiger charge is 2.18. The molecule has 9 aromatic carbocycles. The number of fused-ring (bicyclic) bond motifs is 3. The van der Waals surface area contributed by atoms with Gasteiger partial charge in [-0.05, 0) is 105 Å². The van der Waals surface area contributed by atoms with E-state index in [1.807, 2.05) is 83.8 Å². The van der Waals surface area contributed by atoms with Gasteiger partial charge in [0.1, 0.15) is 0 Å². The standard InChI is InChI=1S/C54H38N2/c1-4-14-39(15-5-1)41-26-28-42(29-27-41)44-32-36-48(37-33-44)55(47-34-30-43(31-35-47)40-16-6-2-7-17-40)49-21-12-18-45(38-49)50-23-13-25-53-54(50)51-22-10-11-24-52(51)56(53)46-19-8-3-9-20-46/h1-38H/i30D,31D,34D,35D. The van der Waals surface area contributed by atoms with Gasteiger partial charge < -0.3 is 9.47 Å². The van der Waals surface area contributed by atoms with Crippen LogP contribution in [0.3, 0.4) is 0 Å². The van der Waals surface area contributed by atoms with Crippen molar-refractivity contribution in [1.29, 1.82) is 0 Å². The van der Waals surface area contributed by atoms with Crippen molar-refractivity contribution in [2.45, 2.75) is 0 Å². The molecule has 1 heterocycles. The molecule has 10 aromatic rings. The van der Waals surface area contributed by atoms with E-state index < -0.39 is 0 Å². The zero-order valence-electron chi connectivity index (χ0n) is 34.5. The first-order chi connectivity index (χ1) is 29.5. The van der Waals surface area contributed by atoms with Crippen LogP contribution in [0.2, 0.25) is 0 Å². The number of hydrogen-bond donors (Lipinski definition) is 0. The van der Waals surface area contributed by atoms with Gasteiger partial charge in [0, 0.05) is 33.5 Å². The molecule has 1 aromatic heterocycles. The second-order valence-electron chi connectivity index (χ2n) is 13.9. The van der Waals surface area contributed by atoms with E-state index >= 15 is 0 Å². The number of nitrogens with zero attached hydrogens (tertiary/aromatic N) is 2. The van der Waals surface area contributed by atoms with Crippen molar-refractivity contribution in [2.75, 3.05) is 4.90 Å². The van der Waals surface area contributed by atoms with Crippen molar-refractivity contribution >= 4 is 38.9 Å². The highest BCUT2D eigenvalue weighted by atomic mass is 15.1. The fourth-order valence-electron chi connectivity index (χ4n) is 7.79. The molecular formula is C54H38N2. The van der Waals surface area contributed by atoms with Crippen LogP contribution in [-0.4, -0.2) is 4.57 Å². The van der Waals surface area contributed by atoms with Crippen LogP contribution in [0, 0.1) is 0 Å². The first-order valence-electron chi connectivity index (χ1n) is 20.9. The van der Waals surface area contributed by atoms with Crippen LogP contribution in [0.4, 0.5) is 17.1 Å². The summed E-state index contributed by atoms with van der Waals surface area (Å²) in [6.45, 7) is 0. The number of aromatic nitrogens is 1. The van der Waals surface area contributed by atoms with Gasteiger partial charge in [0.15, 0.2) is 0 Å². The molecule has 0 fully saturated rings. The van der Waals surface area contributed by atoms with Crippen LogP contribution in [-0.2, 0) is 0 Å². The van der Waals surface area contributed by atoms with E-state index in [4.69, 9.17) is 0 Å². The van der Waals surface area contributed by atoms with Crippen LogP contribution < -0.4 is 4.90 Å². The minimum absolute atomic E-state index is 0.0908. The molecular weight excluding hydrogens is 677 g/mol. The molecule has 2 nitrogen and oxygen atoms in total. The minimum atomic E-state index is -0.117. The second-order valence-corrected chi connectivity index (χ2v) is 13.9. The molecule has 0 aliphatic carbocycles. The number of benzene rings is 9. The molecule has 0 aliphatic rings. The Labute approximate surface area is 333 Å². The Kier molecular flexibility index (Phi) is 7.47. The number of para-hydroxylation sites is 2. The van der Waals surface area contributed by atoms with E-state index in [2.05, 4.69) is 132 Å². The normalized spacial score (nSPS) is 12.2.